The topological polar surface area (TPSA) is 26.0 Å². The van der Waals surface area contributed by atoms with Crippen LogP contribution in [0, 0.1) is 13.8 Å². The highest BCUT2D eigenvalue weighted by molar-refractivity contribution is 5.85. The molecule has 0 amide bonds. The molecule has 94 valence electrons. The lowest BCUT2D eigenvalue weighted by Gasteiger charge is -2.06. The third-order valence-electron chi connectivity index (χ3n) is 3.22. The molecule has 1 aromatic carbocycles. The second kappa shape index (κ2) is 4.39. The zero-order valence-corrected chi connectivity index (χ0v) is 11.1. The summed E-state index contributed by atoms with van der Waals surface area (Å²) in [6, 6.07) is 12.1. The molecule has 0 aliphatic heterocycles. The van der Waals surface area contributed by atoms with Crippen molar-refractivity contribution in [3.63, 3.8) is 0 Å². The molecule has 0 atom stereocenters. The largest absolute Gasteiger partial charge is 0.456 e. The molecular formula is C17H15NO. The first-order chi connectivity index (χ1) is 9.15. The van der Waals surface area contributed by atoms with Crippen LogP contribution in [-0.2, 0) is 0 Å². The second-order valence-electron chi connectivity index (χ2n) is 4.81. The smallest absolute Gasteiger partial charge is 0.136 e. The molecule has 0 bridgehead atoms. The van der Waals surface area contributed by atoms with Crippen LogP contribution in [0.15, 0.2) is 53.6 Å². The number of fused-ring (bicyclic) bond motifs is 1. The number of hydrogen-bond donors (Lipinski definition) is 0. The highest BCUT2D eigenvalue weighted by Crippen LogP contribution is 2.28. The Morgan fingerprint density at radius 1 is 1.16 bits per heavy atom. The number of rotatable bonds is 2. The molecule has 0 radical (unpaired) electrons. The Morgan fingerprint density at radius 3 is 2.68 bits per heavy atom. The number of nitrogens with zero attached hydrogens (tertiary/aromatic N) is 1. The molecule has 0 aliphatic carbocycles. The van der Waals surface area contributed by atoms with Crippen molar-refractivity contribution < 1.29 is 4.42 Å². The van der Waals surface area contributed by atoms with E-state index in [0.29, 0.717) is 0 Å². The summed E-state index contributed by atoms with van der Waals surface area (Å²) < 4.78 is 5.83. The molecule has 0 saturated heterocycles. The minimum absolute atomic E-state index is 0.778. The van der Waals surface area contributed by atoms with Crippen molar-refractivity contribution in [1.82, 2.24) is 4.98 Å². The molecule has 3 aromatic rings. The number of hydrogen-bond acceptors (Lipinski definition) is 2. The van der Waals surface area contributed by atoms with E-state index < -0.39 is 0 Å². The highest BCUT2D eigenvalue weighted by atomic mass is 16.3. The Balaban J connectivity index is 2.08. The summed E-state index contributed by atoms with van der Waals surface area (Å²) in [5.74, 6) is 0.778. The zero-order chi connectivity index (χ0) is 13.4. The molecule has 2 heteroatoms. The van der Waals surface area contributed by atoms with E-state index >= 15 is 0 Å². The van der Waals surface area contributed by atoms with E-state index in [-0.39, 0.29) is 0 Å². The molecule has 19 heavy (non-hydrogen) atoms. The van der Waals surface area contributed by atoms with Crippen LogP contribution < -0.4 is 0 Å². The van der Waals surface area contributed by atoms with Gasteiger partial charge in [0.1, 0.15) is 11.3 Å². The molecule has 2 nitrogen and oxygen atoms in total. The van der Waals surface area contributed by atoms with Crippen LogP contribution in [0.2, 0.25) is 0 Å². The average molecular weight is 249 g/mol. The summed E-state index contributed by atoms with van der Waals surface area (Å²) in [5.41, 5.74) is 4.87. The molecule has 0 spiro atoms. The average Bonchev–Trinajstić information content (AvgIpc) is 2.81. The number of para-hydroxylation sites is 1. The van der Waals surface area contributed by atoms with Crippen molar-refractivity contribution in [3.8, 4) is 0 Å². The lowest BCUT2D eigenvalue weighted by molar-refractivity contribution is 0.600. The van der Waals surface area contributed by atoms with Crippen molar-refractivity contribution in [2.45, 2.75) is 13.8 Å². The third-order valence-corrected chi connectivity index (χ3v) is 3.22. The van der Waals surface area contributed by atoms with Crippen LogP contribution in [0.3, 0.4) is 0 Å². The first-order valence-electron chi connectivity index (χ1n) is 6.26. The maximum atomic E-state index is 5.83. The minimum atomic E-state index is 0.778. The SMILES string of the molecule is C=C(c1cc2ccccc2o1)c1ncc(C)cc1C. The van der Waals surface area contributed by atoms with E-state index in [2.05, 4.69) is 17.6 Å². The van der Waals surface area contributed by atoms with Gasteiger partial charge in [0.05, 0.1) is 5.69 Å². The summed E-state index contributed by atoms with van der Waals surface area (Å²) in [7, 11) is 0. The van der Waals surface area contributed by atoms with Gasteiger partial charge in [-0.2, -0.15) is 0 Å². The van der Waals surface area contributed by atoms with E-state index in [4.69, 9.17) is 4.42 Å². The Labute approximate surface area is 112 Å². The maximum absolute atomic E-state index is 5.83. The van der Waals surface area contributed by atoms with Gasteiger partial charge in [0.15, 0.2) is 0 Å². The van der Waals surface area contributed by atoms with E-state index in [1.165, 1.54) is 0 Å². The molecular weight excluding hydrogens is 234 g/mol. The summed E-state index contributed by atoms with van der Waals surface area (Å²) >= 11 is 0. The molecule has 2 aromatic heterocycles. The number of aromatic nitrogens is 1. The van der Waals surface area contributed by atoms with Crippen LogP contribution in [0.4, 0.5) is 0 Å². The number of furan rings is 1. The van der Waals surface area contributed by atoms with Crippen molar-refractivity contribution in [2.24, 2.45) is 0 Å². The molecule has 3 rings (SSSR count). The lowest BCUT2D eigenvalue weighted by atomic mass is 10.1. The zero-order valence-electron chi connectivity index (χ0n) is 11.1. The summed E-state index contributed by atoms with van der Waals surface area (Å²) in [6.07, 6.45) is 1.86. The molecule has 0 unspecified atom stereocenters. The van der Waals surface area contributed by atoms with E-state index in [1.54, 1.807) is 0 Å². The molecule has 0 N–H and O–H groups in total. The first-order valence-corrected chi connectivity index (χ1v) is 6.26. The second-order valence-corrected chi connectivity index (χ2v) is 4.81. The van der Waals surface area contributed by atoms with E-state index in [1.807, 2.05) is 50.4 Å². The van der Waals surface area contributed by atoms with Gasteiger partial charge in [-0.25, -0.2) is 0 Å². The fourth-order valence-electron chi connectivity index (χ4n) is 2.28. The van der Waals surface area contributed by atoms with Crippen LogP contribution in [-0.4, -0.2) is 4.98 Å². The summed E-state index contributed by atoms with van der Waals surface area (Å²) in [4.78, 5) is 4.46. The Morgan fingerprint density at radius 2 is 1.95 bits per heavy atom. The monoisotopic (exact) mass is 249 g/mol. The van der Waals surface area contributed by atoms with Crippen LogP contribution in [0.1, 0.15) is 22.6 Å². The van der Waals surface area contributed by atoms with Gasteiger partial charge in [-0.05, 0) is 37.1 Å². The van der Waals surface area contributed by atoms with E-state index in [9.17, 15) is 0 Å². The Bertz CT molecular complexity index is 735. The third kappa shape index (κ3) is 2.06. The van der Waals surface area contributed by atoms with Crippen LogP contribution in [0.5, 0.6) is 0 Å². The van der Waals surface area contributed by atoms with E-state index in [0.717, 1.165) is 39.1 Å². The van der Waals surface area contributed by atoms with Gasteiger partial charge in [0.2, 0.25) is 0 Å². The van der Waals surface area contributed by atoms with Gasteiger partial charge in [-0.1, -0.05) is 30.8 Å². The first kappa shape index (κ1) is 11.7. The van der Waals surface area contributed by atoms with Gasteiger partial charge in [-0.3, -0.25) is 4.98 Å². The van der Waals surface area contributed by atoms with Gasteiger partial charge in [-0.15, -0.1) is 0 Å². The molecule has 0 aliphatic rings. The number of aryl methyl sites for hydroxylation is 2. The van der Waals surface area contributed by atoms with Gasteiger partial charge in [0.25, 0.3) is 0 Å². The summed E-state index contributed by atoms with van der Waals surface area (Å²) in [5, 5.41) is 1.09. The number of pyridine rings is 1. The minimum Gasteiger partial charge on any atom is -0.456 e. The van der Waals surface area contributed by atoms with Gasteiger partial charge in [0, 0.05) is 17.2 Å². The number of benzene rings is 1. The van der Waals surface area contributed by atoms with Crippen molar-refractivity contribution in [1.29, 1.82) is 0 Å². The van der Waals surface area contributed by atoms with Gasteiger partial charge >= 0.3 is 0 Å². The summed E-state index contributed by atoms with van der Waals surface area (Å²) in [6.45, 7) is 8.20. The molecule has 2 heterocycles. The maximum Gasteiger partial charge on any atom is 0.136 e. The van der Waals surface area contributed by atoms with Crippen molar-refractivity contribution in [3.05, 3.63) is 71.8 Å². The fourth-order valence-corrected chi connectivity index (χ4v) is 2.28. The Hall–Kier alpha value is -2.35. The van der Waals surface area contributed by atoms with Crippen molar-refractivity contribution in [2.75, 3.05) is 0 Å². The van der Waals surface area contributed by atoms with Crippen LogP contribution >= 0.6 is 0 Å². The quantitative estimate of drug-likeness (QED) is 0.668. The lowest BCUT2D eigenvalue weighted by Crippen LogP contribution is -1.94. The fraction of sp³-hybridized carbons (Fsp3) is 0.118. The van der Waals surface area contributed by atoms with Crippen molar-refractivity contribution >= 4 is 16.5 Å². The molecule has 0 saturated carbocycles. The van der Waals surface area contributed by atoms with Crippen LogP contribution in [0.25, 0.3) is 16.5 Å². The molecule has 0 fully saturated rings. The predicted molar refractivity (Wildman–Crippen MR) is 78.1 cm³/mol. The van der Waals surface area contributed by atoms with Gasteiger partial charge < -0.3 is 4.42 Å². The standard InChI is InChI=1S/C17H15NO/c1-11-8-12(2)17(18-10-11)13(3)16-9-14-6-4-5-7-15(14)19-16/h4-10H,3H2,1-2H3. The normalized spacial score (nSPS) is 10.8. The Kier molecular flexibility index (Phi) is 2.71. The predicted octanol–water partition coefficient (Wildman–Crippen LogP) is 4.51. The highest BCUT2D eigenvalue weighted by Gasteiger charge is 2.12.